The lowest BCUT2D eigenvalue weighted by molar-refractivity contribution is 0.0998. The van der Waals surface area contributed by atoms with Crippen molar-refractivity contribution in [2.24, 2.45) is 5.73 Å². The third kappa shape index (κ3) is 2.74. The van der Waals surface area contributed by atoms with Gasteiger partial charge in [0.05, 0.1) is 0 Å². The zero-order chi connectivity index (χ0) is 10.7. The quantitative estimate of drug-likeness (QED) is 0.831. The summed E-state index contributed by atoms with van der Waals surface area (Å²) >= 11 is 0. The molecule has 0 spiro atoms. The number of rotatable bonds is 2. The molecule has 1 aromatic rings. The number of halogens is 1. The van der Waals surface area contributed by atoms with E-state index in [9.17, 15) is 4.79 Å². The van der Waals surface area contributed by atoms with Crippen molar-refractivity contribution >= 4 is 18.3 Å². The van der Waals surface area contributed by atoms with E-state index in [1.165, 1.54) is 12.8 Å². The molecule has 0 aromatic heterocycles. The van der Waals surface area contributed by atoms with Gasteiger partial charge in [0.1, 0.15) is 0 Å². The van der Waals surface area contributed by atoms with E-state index in [0.29, 0.717) is 11.6 Å². The van der Waals surface area contributed by atoms with E-state index in [2.05, 4.69) is 5.32 Å². The molecule has 0 aliphatic carbocycles. The van der Waals surface area contributed by atoms with Crippen LogP contribution in [0.25, 0.3) is 0 Å². The summed E-state index contributed by atoms with van der Waals surface area (Å²) in [6.07, 6.45) is 3.52. The van der Waals surface area contributed by atoms with Gasteiger partial charge in [-0.15, -0.1) is 12.4 Å². The first-order valence-corrected chi connectivity index (χ1v) is 5.41. The first-order valence-electron chi connectivity index (χ1n) is 5.41. The van der Waals surface area contributed by atoms with Gasteiger partial charge in [0.25, 0.3) is 0 Å². The van der Waals surface area contributed by atoms with Gasteiger partial charge in [0.15, 0.2) is 0 Å². The van der Waals surface area contributed by atoms with Crippen LogP contribution >= 0.6 is 12.4 Å². The molecular formula is C12H17ClN2O. The van der Waals surface area contributed by atoms with E-state index in [0.717, 1.165) is 18.5 Å². The van der Waals surface area contributed by atoms with Gasteiger partial charge in [-0.25, -0.2) is 0 Å². The molecule has 1 atom stereocenters. The van der Waals surface area contributed by atoms with Crippen molar-refractivity contribution in [3.63, 3.8) is 0 Å². The minimum atomic E-state index is -0.335. The maximum Gasteiger partial charge on any atom is 0.249 e. The molecule has 88 valence electrons. The van der Waals surface area contributed by atoms with Crippen LogP contribution in [0.4, 0.5) is 0 Å². The molecule has 1 aromatic carbocycles. The predicted octanol–water partition coefficient (Wildman–Crippen LogP) is 2.02. The van der Waals surface area contributed by atoms with E-state index >= 15 is 0 Å². The standard InChI is InChI=1S/C12H16N2O.ClH/c13-12(15)10-6-2-1-5-9(10)11-7-3-4-8-14-11;/h1-2,5-6,11,14H,3-4,7-8H2,(H2,13,15);1H. The van der Waals surface area contributed by atoms with Gasteiger partial charge in [-0.1, -0.05) is 24.6 Å². The van der Waals surface area contributed by atoms with Crippen LogP contribution < -0.4 is 11.1 Å². The first-order chi connectivity index (χ1) is 7.29. The summed E-state index contributed by atoms with van der Waals surface area (Å²) in [7, 11) is 0. The summed E-state index contributed by atoms with van der Waals surface area (Å²) < 4.78 is 0. The number of nitrogens with two attached hydrogens (primary N) is 1. The second kappa shape index (κ2) is 5.87. The maximum absolute atomic E-state index is 11.3. The minimum Gasteiger partial charge on any atom is -0.366 e. The van der Waals surface area contributed by atoms with Gasteiger partial charge in [0.2, 0.25) is 5.91 Å². The highest BCUT2D eigenvalue weighted by Crippen LogP contribution is 2.25. The zero-order valence-electron chi connectivity index (χ0n) is 9.11. The Hall–Kier alpha value is -1.06. The molecule has 2 rings (SSSR count). The SMILES string of the molecule is Cl.NC(=O)c1ccccc1C1CCCCN1. The Bertz CT molecular complexity index is 362. The Balaban J connectivity index is 0.00000128. The van der Waals surface area contributed by atoms with Crippen molar-refractivity contribution in [3.05, 3.63) is 35.4 Å². The van der Waals surface area contributed by atoms with E-state index in [-0.39, 0.29) is 18.3 Å². The van der Waals surface area contributed by atoms with Crippen LogP contribution in [0.5, 0.6) is 0 Å². The molecule has 0 bridgehead atoms. The lowest BCUT2D eigenvalue weighted by atomic mass is 9.93. The van der Waals surface area contributed by atoms with E-state index < -0.39 is 0 Å². The second-order valence-corrected chi connectivity index (χ2v) is 3.95. The third-order valence-corrected chi connectivity index (χ3v) is 2.91. The van der Waals surface area contributed by atoms with Crippen LogP contribution in [0, 0.1) is 0 Å². The van der Waals surface area contributed by atoms with Gasteiger partial charge in [-0.3, -0.25) is 4.79 Å². The predicted molar refractivity (Wildman–Crippen MR) is 66.8 cm³/mol. The smallest absolute Gasteiger partial charge is 0.249 e. The number of nitrogens with one attached hydrogen (secondary N) is 1. The molecule has 0 saturated carbocycles. The summed E-state index contributed by atoms with van der Waals surface area (Å²) in [5.41, 5.74) is 7.05. The molecule has 1 saturated heterocycles. The summed E-state index contributed by atoms with van der Waals surface area (Å²) in [6.45, 7) is 1.03. The molecule has 1 amide bonds. The Kier molecular flexibility index (Phi) is 4.77. The van der Waals surface area contributed by atoms with E-state index in [1.54, 1.807) is 6.07 Å². The van der Waals surface area contributed by atoms with Gasteiger partial charge >= 0.3 is 0 Å². The van der Waals surface area contributed by atoms with Crippen molar-refractivity contribution in [2.45, 2.75) is 25.3 Å². The molecule has 0 radical (unpaired) electrons. The topological polar surface area (TPSA) is 55.1 Å². The molecule has 1 aliphatic rings. The number of amides is 1. The number of primary amides is 1. The monoisotopic (exact) mass is 240 g/mol. The summed E-state index contributed by atoms with van der Waals surface area (Å²) in [4.78, 5) is 11.3. The highest BCUT2D eigenvalue weighted by atomic mass is 35.5. The molecule has 1 unspecified atom stereocenters. The molecule has 1 aliphatic heterocycles. The highest BCUT2D eigenvalue weighted by molar-refractivity contribution is 5.94. The fourth-order valence-electron chi connectivity index (χ4n) is 2.14. The lowest BCUT2D eigenvalue weighted by Crippen LogP contribution is -2.29. The van der Waals surface area contributed by atoms with Crippen LogP contribution in [-0.4, -0.2) is 12.5 Å². The van der Waals surface area contributed by atoms with Gasteiger partial charge in [0, 0.05) is 11.6 Å². The van der Waals surface area contributed by atoms with Crippen molar-refractivity contribution < 1.29 is 4.79 Å². The molecule has 3 nitrogen and oxygen atoms in total. The number of hydrogen-bond acceptors (Lipinski definition) is 2. The summed E-state index contributed by atoms with van der Waals surface area (Å²) in [5, 5.41) is 3.42. The van der Waals surface area contributed by atoms with Crippen molar-refractivity contribution in [1.29, 1.82) is 0 Å². The molecule has 1 fully saturated rings. The van der Waals surface area contributed by atoms with Crippen LogP contribution in [-0.2, 0) is 0 Å². The van der Waals surface area contributed by atoms with Crippen molar-refractivity contribution in [1.82, 2.24) is 5.32 Å². The largest absolute Gasteiger partial charge is 0.366 e. The van der Waals surface area contributed by atoms with Crippen LogP contribution in [0.2, 0.25) is 0 Å². The lowest BCUT2D eigenvalue weighted by Gasteiger charge is -2.25. The van der Waals surface area contributed by atoms with Crippen molar-refractivity contribution in [2.75, 3.05) is 6.54 Å². The average molecular weight is 241 g/mol. The van der Waals surface area contributed by atoms with Crippen LogP contribution in [0.3, 0.4) is 0 Å². The number of carbonyl (C=O) groups is 1. The molecular weight excluding hydrogens is 224 g/mol. The Morgan fingerprint density at radius 3 is 2.69 bits per heavy atom. The van der Waals surface area contributed by atoms with Gasteiger partial charge < -0.3 is 11.1 Å². The Morgan fingerprint density at radius 1 is 1.31 bits per heavy atom. The fraction of sp³-hybridized carbons (Fsp3) is 0.417. The second-order valence-electron chi connectivity index (χ2n) is 3.95. The third-order valence-electron chi connectivity index (χ3n) is 2.91. The normalized spacial score (nSPS) is 19.9. The molecule has 16 heavy (non-hydrogen) atoms. The highest BCUT2D eigenvalue weighted by Gasteiger charge is 2.18. The van der Waals surface area contributed by atoms with Gasteiger partial charge in [-0.05, 0) is 31.0 Å². The molecule has 1 heterocycles. The minimum absolute atomic E-state index is 0. The number of carbonyl (C=O) groups excluding carboxylic acids is 1. The fourth-order valence-corrected chi connectivity index (χ4v) is 2.14. The number of hydrogen-bond donors (Lipinski definition) is 2. The first kappa shape index (κ1) is 13.0. The maximum atomic E-state index is 11.3. The number of piperidine rings is 1. The van der Waals surface area contributed by atoms with Crippen LogP contribution in [0.15, 0.2) is 24.3 Å². The van der Waals surface area contributed by atoms with Crippen molar-refractivity contribution in [3.8, 4) is 0 Å². The number of benzene rings is 1. The molecule has 3 N–H and O–H groups in total. The van der Waals surface area contributed by atoms with E-state index in [4.69, 9.17) is 5.73 Å². The van der Waals surface area contributed by atoms with Gasteiger partial charge in [-0.2, -0.15) is 0 Å². The zero-order valence-corrected chi connectivity index (χ0v) is 9.93. The molecule has 4 heteroatoms. The summed E-state index contributed by atoms with van der Waals surface area (Å²) in [5.74, 6) is -0.335. The average Bonchev–Trinajstić information content (AvgIpc) is 2.30. The Morgan fingerprint density at radius 2 is 2.06 bits per heavy atom. The van der Waals surface area contributed by atoms with Crippen LogP contribution in [0.1, 0.15) is 41.2 Å². The van der Waals surface area contributed by atoms with E-state index in [1.807, 2.05) is 18.2 Å². The summed E-state index contributed by atoms with van der Waals surface area (Å²) in [6, 6.07) is 7.89. The Labute approximate surface area is 102 Å².